The van der Waals surface area contributed by atoms with Gasteiger partial charge in [0.1, 0.15) is 11.5 Å². The lowest BCUT2D eigenvalue weighted by atomic mass is 10.1. The second kappa shape index (κ2) is 6.84. The van der Waals surface area contributed by atoms with Crippen LogP contribution in [0, 0.1) is 0 Å². The summed E-state index contributed by atoms with van der Waals surface area (Å²) in [6, 6.07) is 16.9. The lowest BCUT2D eigenvalue weighted by Gasteiger charge is -2.35. The van der Waals surface area contributed by atoms with Crippen molar-refractivity contribution in [3.8, 4) is 11.5 Å². The van der Waals surface area contributed by atoms with Gasteiger partial charge < -0.3 is 14.4 Å². The van der Waals surface area contributed by atoms with Crippen LogP contribution in [0.3, 0.4) is 0 Å². The van der Waals surface area contributed by atoms with Crippen molar-refractivity contribution >= 4 is 5.91 Å². The number of ether oxygens (including phenoxy) is 2. The Morgan fingerprint density at radius 1 is 0.957 bits per heavy atom. The number of carbonyl (C=O) groups is 1. The van der Waals surface area contributed by atoms with Crippen molar-refractivity contribution in [3.05, 3.63) is 60.2 Å². The third-order valence-electron chi connectivity index (χ3n) is 3.79. The van der Waals surface area contributed by atoms with Crippen LogP contribution in [0.2, 0.25) is 0 Å². The van der Waals surface area contributed by atoms with E-state index in [0.717, 1.165) is 11.5 Å². The number of nitrogens with zero attached hydrogens (tertiary/aromatic N) is 1. The molecule has 2 aromatic rings. The van der Waals surface area contributed by atoms with Crippen molar-refractivity contribution < 1.29 is 14.3 Å². The van der Waals surface area contributed by atoms with E-state index >= 15 is 0 Å². The molecule has 0 aliphatic carbocycles. The van der Waals surface area contributed by atoms with Gasteiger partial charge in [-0.3, -0.25) is 4.79 Å². The Balaban J connectivity index is 1.68. The van der Waals surface area contributed by atoms with Crippen LogP contribution >= 0.6 is 0 Å². The minimum Gasteiger partial charge on any atom is -0.457 e. The molecule has 4 heteroatoms. The largest absolute Gasteiger partial charge is 0.457 e. The van der Waals surface area contributed by atoms with Gasteiger partial charge in [0.25, 0.3) is 5.91 Å². The maximum atomic E-state index is 12.6. The van der Waals surface area contributed by atoms with Gasteiger partial charge in [0.2, 0.25) is 0 Å². The highest BCUT2D eigenvalue weighted by Crippen LogP contribution is 2.22. The molecule has 0 saturated carbocycles. The van der Waals surface area contributed by atoms with Crippen LogP contribution in [0.5, 0.6) is 11.5 Å². The van der Waals surface area contributed by atoms with Crippen LogP contribution in [0.4, 0.5) is 0 Å². The molecule has 0 unspecified atom stereocenters. The number of amides is 1. The van der Waals surface area contributed by atoms with E-state index in [4.69, 9.17) is 9.47 Å². The first kappa shape index (κ1) is 15.6. The average Bonchev–Trinajstić information content (AvgIpc) is 2.55. The monoisotopic (exact) mass is 311 g/mol. The Labute approximate surface area is 136 Å². The topological polar surface area (TPSA) is 38.8 Å². The molecule has 1 heterocycles. The van der Waals surface area contributed by atoms with Crippen molar-refractivity contribution in [2.45, 2.75) is 26.1 Å². The number of rotatable bonds is 3. The van der Waals surface area contributed by atoms with Crippen molar-refractivity contribution in [1.29, 1.82) is 0 Å². The smallest absolute Gasteiger partial charge is 0.254 e. The van der Waals surface area contributed by atoms with Crippen LogP contribution < -0.4 is 4.74 Å². The van der Waals surface area contributed by atoms with Gasteiger partial charge in [0.05, 0.1) is 12.2 Å². The molecule has 3 rings (SSSR count). The summed E-state index contributed by atoms with van der Waals surface area (Å²) < 4.78 is 11.4. The maximum Gasteiger partial charge on any atom is 0.254 e. The number of para-hydroxylation sites is 1. The summed E-state index contributed by atoms with van der Waals surface area (Å²) in [5.41, 5.74) is 0.673. The summed E-state index contributed by atoms with van der Waals surface area (Å²) in [6.07, 6.45) is 0.145. The van der Waals surface area contributed by atoms with E-state index in [1.54, 1.807) is 0 Å². The molecule has 1 saturated heterocycles. The molecule has 1 aliphatic rings. The molecule has 0 bridgehead atoms. The predicted octanol–water partition coefficient (Wildman–Crippen LogP) is 3.73. The molecule has 0 N–H and O–H groups in total. The van der Waals surface area contributed by atoms with Gasteiger partial charge >= 0.3 is 0 Å². The summed E-state index contributed by atoms with van der Waals surface area (Å²) in [5, 5.41) is 0. The van der Waals surface area contributed by atoms with Crippen LogP contribution in [0.15, 0.2) is 54.6 Å². The molecule has 23 heavy (non-hydrogen) atoms. The number of benzene rings is 2. The number of morpholine rings is 1. The minimum absolute atomic E-state index is 0.0401. The van der Waals surface area contributed by atoms with E-state index in [9.17, 15) is 4.79 Å². The summed E-state index contributed by atoms with van der Waals surface area (Å²) in [4.78, 5) is 14.4. The minimum atomic E-state index is 0.0401. The first-order valence-electron chi connectivity index (χ1n) is 7.89. The number of hydrogen-bond donors (Lipinski definition) is 0. The molecule has 0 radical (unpaired) electrons. The van der Waals surface area contributed by atoms with Crippen molar-refractivity contribution in [1.82, 2.24) is 4.90 Å². The van der Waals surface area contributed by atoms with Gasteiger partial charge in [-0.05, 0) is 50.2 Å². The standard InChI is InChI=1S/C19H21NO3/c1-14-12-20(13-15(2)22-14)19(21)16-8-10-18(11-9-16)23-17-6-4-3-5-7-17/h3-11,14-15H,12-13H2,1-2H3/t14-,15-/m0/s1. The second-order valence-electron chi connectivity index (χ2n) is 5.91. The first-order chi connectivity index (χ1) is 11.1. The second-order valence-corrected chi connectivity index (χ2v) is 5.91. The fraction of sp³-hybridized carbons (Fsp3) is 0.316. The highest BCUT2D eigenvalue weighted by molar-refractivity contribution is 5.94. The van der Waals surface area contributed by atoms with Crippen molar-refractivity contribution in [2.24, 2.45) is 0 Å². The van der Waals surface area contributed by atoms with E-state index in [1.165, 1.54) is 0 Å². The fourth-order valence-corrected chi connectivity index (χ4v) is 2.82. The zero-order chi connectivity index (χ0) is 16.2. The van der Waals surface area contributed by atoms with Crippen LogP contribution in [0.1, 0.15) is 24.2 Å². The molecule has 0 spiro atoms. The fourth-order valence-electron chi connectivity index (χ4n) is 2.82. The van der Waals surface area contributed by atoms with Gasteiger partial charge in [-0.1, -0.05) is 18.2 Å². The van der Waals surface area contributed by atoms with Gasteiger partial charge in [-0.15, -0.1) is 0 Å². The molecular weight excluding hydrogens is 290 g/mol. The van der Waals surface area contributed by atoms with E-state index in [0.29, 0.717) is 18.7 Å². The van der Waals surface area contributed by atoms with Crippen LogP contribution in [0.25, 0.3) is 0 Å². The van der Waals surface area contributed by atoms with Gasteiger partial charge in [0, 0.05) is 18.7 Å². The van der Waals surface area contributed by atoms with Crippen molar-refractivity contribution in [2.75, 3.05) is 13.1 Å². The summed E-state index contributed by atoms with van der Waals surface area (Å²) in [7, 11) is 0. The van der Waals surface area contributed by atoms with Gasteiger partial charge in [-0.2, -0.15) is 0 Å². The Morgan fingerprint density at radius 3 is 2.13 bits per heavy atom. The Hall–Kier alpha value is -2.33. The summed E-state index contributed by atoms with van der Waals surface area (Å²) >= 11 is 0. The molecule has 4 nitrogen and oxygen atoms in total. The van der Waals surface area contributed by atoms with Crippen molar-refractivity contribution in [3.63, 3.8) is 0 Å². The molecule has 0 aromatic heterocycles. The quantitative estimate of drug-likeness (QED) is 0.867. The zero-order valence-electron chi connectivity index (χ0n) is 13.4. The van der Waals surface area contributed by atoms with E-state index in [2.05, 4.69) is 0 Å². The van der Waals surface area contributed by atoms with E-state index < -0.39 is 0 Å². The van der Waals surface area contributed by atoms with E-state index in [1.807, 2.05) is 73.3 Å². The zero-order valence-corrected chi connectivity index (χ0v) is 13.4. The molecule has 2 aromatic carbocycles. The number of carbonyl (C=O) groups excluding carboxylic acids is 1. The van der Waals surface area contributed by atoms with Gasteiger partial charge in [-0.25, -0.2) is 0 Å². The highest BCUT2D eigenvalue weighted by Gasteiger charge is 2.26. The molecule has 1 amide bonds. The predicted molar refractivity (Wildman–Crippen MR) is 88.9 cm³/mol. The molecule has 1 aliphatic heterocycles. The van der Waals surface area contributed by atoms with Gasteiger partial charge in [0.15, 0.2) is 0 Å². The maximum absolute atomic E-state index is 12.6. The first-order valence-corrected chi connectivity index (χ1v) is 7.89. The molecule has 1 fully saturated rings. The Kier molecular flexibility index (Phi) is 4.63. The Bertz CT molecular complexity index is 644. The molecule has 2 atom stereocenters. The number of hydrogen-bond acceptors (Lipinski definition) is 3. The summed E-state index contributed by atoms with van der Waals surface area (Å²) in [5.74, 6) is 1.54. The average molecular weight is 311 g/mol. The summed E-state index contributed by atoms with van der Waals surface area (Å²) in [6.45, 7) is 5.25. The van der Waals surface area contributed by atoms with Crippen LogP contribution in [-0.4, -0.2) is 36.1 Å². The highest BCUT2D eigenvalue weighted by atomic mass is 16.5. The third kappa shape index (κ3) is 3.90. The van der Waals surface area contributed by atoms with E-state index in [-0.39, 0.29) is 18.1 Å². The normalized spacial score (nSPS) is 21.0. The van der Waals surface area contributed by atoms with Crippen LogP contribution in [-0.2, 0) is 4.74 Å². The third-order valence-corrected chi connectivity index (χ3v) is 3.79. The lowest BCUT2D eigenvalue weighted by Crippen LogP contribution is -2.48. The SMILES string of the molecule is C[C@H]1CN(C(=O)c2ccc(Oc3ccccc3)cc2)C[C@H](C)O1. The Morgan fingerprint density at radius 2 is 1.52 bits per heavy atom. The molecular formula is C19H21NO3. The molecule has 120 valence electrons. The lowest BCUT2D eigenvalue weighted by molar-refractivity contribution is -0.0586.